The Morgan fingerprint density at radius 1 is 1.42 bits per heavy atom. The second-order valence-corrected chi connectivity index (χ2v) is 7.80. The van der Waals surface area contributed by atoms with Gasteiger partial charge in [0.2, 0.25) is 10.0 Å². The summed E-state index contributed by atoms with van der Waals surface area (Å²) in [6.07, 6.45) is 2.21. The highest BCUT2D eigenvalue weighted by atomic mass is 32.2. The molecule has 24 heavy (non-hydrogen) atoms. The number of nitrogens with zero attached hydrogens (tertiary/aromatic N) is 1. The van der Waals surface area contributed by atoms with E-state index in [2.05, 4.69) is 0 Å². The molecule has 0 aliphatic carbocycles. The van der Waals surface area contributed by atoms with Crippen molar-refractivity contribution in [1.29, 1.82) is 5.41 Å². The molecule has 8 heteroatoms. The van der Waals surface area contributed by atoms with E-state index in [1.807, 2.05) is 6.92 Å². The lowest BCUT2D eigenvalue weighted by molar-refractivity contribution is 0.208. The Bertz CT molecular complexity index is 683. The first-order valence-corrected chi connectivity index (χ1v) is 9.56. The summed E-state index contributed by atoms with van der Waals surface area (Å²) in [6, 6.07) is 4.45. The third kappa shape index (κ3) is 4.06. The molecule has 1 fully saturated rings. The van der Waals surface area contributed by atoms with Crippen molar-refractivity contribution in [2.24, 2.45) is 11.7 Å². The quantitative estimate of drug-likeness (QED) is 0.501. The number of aliphatic hydroxyl groups is 1. The number of nitrogen functional groups attached to an aromatic ring is 1. The van der Waals surface area contributed by atoms with Gasteiger partial charge in [0.15, 0.2) is 0 Å². The van der Waals surface area contributed by atoms with E-state index in [-0.39, 0.29) is 22.9 Å². The maximum atomic E-state index is 12.8. The number of hydrogen-bond acceptors (Lipinski definition) is 5. The number of sulfonamides is 1. The number of amidine groups is 1. The molecular formula is C16H25N3O4S. The van der Waals surface area contributed by atoms with Crippen LogP contribution in [0.4, 0.5) is 0 Å². The van der Waals surface area contributed by atoms with Gasteiger partial charge in [-0.25, -0.2) is 8.42 Å². The maximum Gasteiger partial charge on any atom is 0.243 e. The molecule has 0 atom stereocenters. The zero-order chi connectivity index (χ0) is 17.7. The molecule has 2 rings (SSSR count). The molecule has 4 N–H and O–H groups in total. The van der Waals surface area contributed by atoms with E-state index in [1.165, 1.54) is 16.4 Å². The van der Waals surface area contributed by atoms with Gasteiger partial charge < -0.3 is 15.6 Å². The van der Waals surface area contributed by atoms with Crippen LogP contribution >= 0.6 is 0 Å². The lowest BCUT2D eigenvalue weighted by Gasteiger charge is -2.31. The number of rotatable bonds is 7. The van der Waals surface area contributed by atoms with Crippen molar-refractivity contribution in [3.63, 3.8) is 0 Å². The minimum atomic E-state index is -3.63. The van der Waals surface area contributed by atoms with Crippen LogP contribution < -0.4 is 10.5 Å². The van der Waals surface area contributed by atoms with Crippen LogP contribution in [-0.2, 0) is 10.0 Å². The van der Waals surface area contributed by atoms with Crippen molar-refractivity contribution in [2.45, 2.75) is 31.1 Å². The van der Waals surface area contributed by atoms with Gasteiger partial charge in [0, 0.05) is 19.7 Å². The maximum absolute atomic E-state index is 12.8. The van der Waals surface area contributed by atoms with Crippen molar-refractivity contribution in [2.75, 3.05) is 26.3 Å². The number of nitrogens with two attached hydrogens (primary N) is 1. The summed E-state index contributed by atoms with van der Waals surface area (Å²) >= 11 is 0. The molecule has 1 aliphatic heterocycles. The number of benzene rings is 1. The van der Waals surface area contributed by atoms with Gasteiger partial charge in [0.05, 0.1) is 17.1 Å². The van der Waals surface area contributed by atoms with E-state index >= 15 is 0 Å². The predicted molar refractivity (Wildman–Crippen MR) is 91.8 cm³/mol. The number of ether oxygens (including phenoxy) is 1. The average Bonchev–Trinajstić information content (AvgIpc) is 2.56. The van der Waals surface area contributed by atoms with E-state index in [0.717, 1.165) is 12.8 Å². The van der Waals surface area contributed by atoms with E-state index in [4.69, 9.17) is 21.0 Å². The van der Waals surface area contributed by atoms with Gasteiger partial charge in [-0.2, -0.15) is 4.31 Å². The summed E-state index contributed by atoms with van der Waals surface area (Å²) in [5.41, 5.74) is 5.84. The van der Waals surface area contributed by atoms with E-state index < -0.39 is 10.0 Å². The number of hydrogen-bond donors (Lipinski definition) is 3. The first kappa shape index (κ1) is 18.7. The smallest absolute Gasteiger partial charge is 0.243 e. The second kappa shape index (κ2) is 7.96. The Kier molecular flexibility index (Phi) is 6.20. The lowest BCUT2D eigenvalue weighted by Crippen LogP contribution is -2.38. The summed E-state index contributed by atoms with van der Waals surface area (Å²) in [7, 11) is -3.63. The summed E-state index contributed by atoms with van der Waals surface area (Å²) < 4.78 is 32.5. The van der Waals surface area contributed by atoms with Crippen LogP contribution in [0.3, 0.4) is 0 Å². The number of nitrogens with one attached hydrogen (secondary N) is 1. The third-order valence-electron chi connectivity index (χ3n) is 4.29. The van der Waals surface area contributed by atoms with Crippen molar-refractivity contribution in [3.05, 3.63) is 23.8 Å². The second-order valence-electron chi connectivity index (χ2n) is 5.86. The number of aliphatic hydroxyl groups excluding tert-OH is 1. The molecule has 1 heterocycles. The molecule has 1 saturated heterocycles. The number of piperidine rings is 1. The van der Waals surface area contributed by atoms with E-state index in [0.29, 0.717) is 37.8 Å². The molecule has 0 saturated carbocycles. The Hall–Kier alpha value is -1.64. The summed E-state index contributed by atoms with van der Waals surface area (Å²) in [4.78, 5) is 0.122. The monoisotopic (exact) mass is 355 g/mol. The zero-order valence-corrected chi connectivity index (χ0v) is 14.7. The van der Waals surface area contributed by atoms with Gasteiger partial charge in [0.25, 0.3) is 0 Å². The summed E-state index contributed by atoms with van der Waals surface area (Å²) in [5.74, 6) is 0.553. The first-order valence-electron chi connectivity index (χ1n) is 8.12. The summed E-state index contributed by atoms with van der Waals surface area (Å²) in [6.45, 7) is 3.24. The van der Waals surface area contributed by atoms with E-state index in [1.54, 1.807) is 6.07 Å². The lowest BCUT2D eigenvalue weighted by atomic mass is 9.95. The molecule has 0 amide bonds. The normalized spacial score (nSPS) is 16.9. The minimum absolute atomic E-state index is 0.122. The zero-order valence-electron chi connectivity index (χ0n) is 13.9. The van der Waals surface area contributed by atoms with Crippen LogP contribution in [0.1, 0.15) is 31.7 Å². The molecule has 0 bridgehead atoms. The molecule has 1 aliphatic rings. The molecule has 1 aromatic rings. The van der Waals surface area contributed by atoms with Crippen molar-refractivity contribution in [3.8, 4) is 5.75 Å². The van der Waals surface area contributed by atoms with Crippen LogP contribution in [0.25, 0.3) is 0 Å². The molecule has 134 valence electrons. The Morgan fingerprint density at radius 2 is 2.08 bits per heavy atom. The van der Waals surface area contributed by atoms with Crippen molar-refractivity contribution in [1.82, 2.24) is 4.31 Å². The van der Waals surface area contributed by atoms with Gasteiger partial charge in [-0.15, -0.1) is 0 Å². The average molecular weight is 355 g/mol. The molecule has 0 spiro atoms. The highest BCUT2D eigenvalue weighted by molar-refractivity contribution is 7.89. The van der Waals surface area contributed by atoms with Crippen LogP contribution in [0.2, 0.25) is 0 Å². The fraction of sp³-hybridized carbons (Fsp3) is 0.562. The Morgan fingerprint density at radius 3 is 2.62 bits per heavy atom. The Labute approximate surface area is 143 Å². The SMILES string of the molecule is CCOc1ccc(S(=O)(=O)N2CCC(CCO)CC2)cc1C(=N)N. The first-order chi connectivity index (χ1) is 11.4. The highest BCUT2D eigenvalue weighted by Gasteiger charge is 2.29. The fourth-order valence-corrected chi connectivity index (χ4v) is 4.43. The molecule has 0 aromatic heterocycles. The minimum Gasteiger partial charge on any atom is -0.493 e. The van der Waals surface area contributed by atoms with Gasteiger partial charge in [0.1, 0.15) is 11.6 Å². The largest absolute Gasteiger partial charge is 0.493 e. The molecule has 1 aromatic carbocycles. The molecule has 7 nitrogen and oxygen atoms in total. The van der Waals surface area contributed by atoms with E-state index in [9.17, 15) is 8.42 Å². The van der Waals surface area contributed by atoms with Gasteiger partial charge >= 0.3 is 0 Å². The van der Waals surface area contributed by atoms with Crippen LogP contribution in [-0.4, -0.2) is 50.0 Å². The van der Waals surface area contributed by atoms with Gasteiger partial charge in [-0.3, -0.25) is 5.41 Å². The van der Waals surface area contributed by atoms with Crippen molar-refractivity contribution >= 4 is 15.9 Å². The Balaban J connectivity index is 2.23. The van der Waals surface area contributed by atoms with Gasteiger partial charge in [-0.05, 0) is 50.3 Å². The van der Waals surface area contributed by atoms with Crippen LogP contribution in [0, 0.1) is 11.3 Å². The molecule has 0 unspecified atom stereocenters. The molecular weight excluding hydrogens is 330 g/mol. The van der Waals surface area contributed by atoms with Gasteiger partial charge in [-0.1, -0.05) is 0 Å². The van der Waals surface area contributed by atoms with Crippen LogP contribution in [0.15, 0.2) is 23.1 Å². The predicted octanol–water partition coefficient (Wildman–Crippen LogP) is 1.15. The molecule has 0 radical (unpaired) electrons. The van der Waals surface area contributed by atoms with Crippen molar-refractivity contribution < 1.29 is 18.3 Å². The fourth-order valence-electron chi connectivity index (χ4n) is 2.93. The highest BCUT2D eigenvalue weighted by Crippen LogP contribution is 2.28. The van der Waals surface area contributed by atoms with Crippen LogP contribution in [0.5, 0.6) is 5.75 Å². The standard InChI is InChI=1S/C16H25N3O4S/c1-2-23-15-4-3-13(11-14(15)16(17)18)24(21,22)19-8-5-12(6-9-19)7-10-20/h3-4,11-12,20H,2,5-10H2,1H3,(H3,17,18). The summed E-state index contributed by atoms with van der Waals surface area (Å²) in [5, 5.41) is 16.6. The third-order valence-corrected chi connectivity index (χ3v) is 6.18. The topological polar surface area (TPSA) is 117 Å².